The van der Waals surface area contributed by atoms with Gasteiger partial charge in [0, 0.05) is 5.92 Å². The van der Waals surface area contributed by atoms with Crippen molar-refractivity contribution in [1.29, 1.82) is 0 Å². The topological polar surface area (TPSA) is 26.3 Å². The summed E-state index contributed by atoms with van der Waals surface area (Å²) in [6.07, 6.45) is 9.94. The molecule has 2 rings (SSSR count). The van der Waals surface area contributed by atoms with Gasteiger partial charge in [-0.1, -0.05) is 19.1 Å². The SMILES string of the molecule is CC/C=C\C[C@@H]1CC[C@H]2OC(=O)C[C@@H]12. The number of esters is 1. The van der Waals surface area contributed by atoms with E-state index < -0.39 is 0 Å². The van der Waals surface area contributed by atoms with E-state index in [9.17, 15) is 4.79 Å². The largest absolute Gasteiger partial charge is 0.462 e. The van der Waals surface area contributed by atoms with Crippen LogP contribution in [0.25, 0.3) is 0 Å². The summed E-state index contributed by atoms with van der Waals surface area (Å²) in [5.74, 6) is 1.22. The summed E-state index contributed by atoms with van der Waals surface area (Å²) in [7, 11) is 0. The molecule has 78 valence electrons. The molecule has 0 bridgehead atoms. The molecule has 0 aromatic heterocycles. The number of allylic oxidation sites excluding steroid dienone is 2. The van der Waals surface area contributed by atoms with Gasteiger partial charge in [0.2, 0.25) is 0 Å². The summed E-state index contributed by atoms with van der Waals surface area (Å²) in [4.78, 5) is 11.1. The molecule has 0 aromatic rings. The Bertz CT molecular complexity index is 245. The highest BCUT2D eigenvalue weighted by atomic mass is 16.5. The van der Waals surface area contributed by atoms with Gasteiger partial charge in [0.25, 0.3) is 0 Å². The number of hydrogen-bond donors (Lipinski definition) is 0. The van der Waals surface area contributed by atoms with Crippen molar-refractivity contribution in [1.82, 2.24) is 0 Å². The maximum atomic E-state index is 11.1. The number of carbonyl (C=O) groups excluding carboxylic acids is 1. The smallest absolute Gasteiger partial charge is 0.306 e. The zero-order valence-corrected chi connectivity index (χ0v) is 8.74. The van der Waals surface area contributed by atoms with Gasteiger partial charge in [-0.05, 0) is 31.6 Å². The predicted octanol–water partition coefficient (Wildman–Crippen LogP) is 2.68. The monoisotopic (exact) mass is 194 g/mol. The summed E-state index contributed by atoms with van der Waals surface area (Å²) in [6.45, 7) is 2.15. The number of fused-ring (bicyclic) bond motifs is 1. The van der Waals surface area contributed by atoms with Crippen LogP contribution in [0.4, 0.5) is 0 Å². The Kier molecular flexibility index (Phi) is 2.90. The second kappa shape index (κ2) is 4.16. The van der Waals surface area contributed by atoms with Crippen LogP contribution in [-0.2, 0) is 9.53 Å². The lowest BCUT2D eigenvalue weighted by molar-refractivity contribution is -0.141. The van der Waals surface area contributed by atoms with Crippen molar-refractivity contribution in [2.45, 2.75) is 45.1 Å². The van der Waals surface area contributed by atoms with Crippen molar-refractivity contribution >= 4 is 5.97 Å². The van der Waals surface area contributed by atoms with Crippen molar-refractivity contribution in [2.75, 3.05) is 0 Å². The lowest BCUT2D eigenvalue weighted by atomic mass is 9.90. The number of rotatable bonds is 3. The van der Waals surface area contributed by atoms with Gasteiger partial charge >= 0.3 is 5.97 Å². The van der Waals surface area contributed by atoms with Crippen LogP contribution in [-0.4, -0.2) is 12.1 Å². The standard InChI is InChI=1S/C12H18O2/c1-2-3-4-5-9-6-7-11-10(9)8-12(13)14-11/h3-4,9-11H,2,5-8H2,1H3/b4-3-/t9-,10+,11-/m1/s1. The zero-order valence-electron chi connectivity index (χ0n) is 8.74. The Morgan fingerprint density at radius 3 is 3.07 bits per heavy atom. The van der Waals surface area contributed by atoms with Gasteiger partial charge in [-0.2, -0.15) is 0 Å². The third-order valence-corrected chi connectivity index (χ3v) is 3.43. The average Bonchev–Trinajstić information content (AvgIpc) is 2.66. The number of hydrogen-bond acceptors (Lipinski definition) is 2. The summed E-state index contributed by atoms with van der Waals surface area (Å²) < 4.78 is 5.26. The minimum Gasteiger partial charge on any atom is -0.462 e. The second-order valence-corrected chi connectivity index (χ2v) is 4.35. The Hall–Kier alpha value is -0.790. The van der Waals surface area contributed by atoms with Crippen LogP contribution in [0.5, 0.6) is 0 Å². The first-order valence-electron chi connectivity index (χ1n) is 5.65. The molecular formula is C12H18O2. The Morgan fingerprint density at radius 1 is 1.43 bits per heavy atom. The molecule has 3 atom stereocenters. The van der Waals surface area contributed by atoms with Crippen LogP contribution in [0.2, 0.25) is 0 Å². The molecule has 0 N–H and O–H groups in total. The van der Waals surface area contributed by atoms with Gasteiger partial charge < -0.3 is 4.74 Å². The van der Waals surface area contributed by atoms with Crippen molar-refractivity contribution < 1.29 is 9.53 Å². The van der Waals surface area contributed by atoms with Gasteiger partial charge in [0.1, 0.15) is 6.10 Å². The van der Waals surface area contributed by atoms with Crippen molar-refractivity contribution in [3.05, 3.63) is 12.2 Å². The van der Waals surface area contributed by atoms with E-state index in [4.69, 9.17) is 4.74 Å². The van der Waals surface area contributed by atoms with Gasteiger partial charge in [-0.15, -0.1) is 0 Å². The molecule has 0 unspecified atom stereocenters. The maximum Gasteiger partial charge on any atom is 0.306 e. The van der Waals surface area contributed by atoms with E-state index in [1.807, 2.05) is 0 Å². The summed E-state index contributed by atoms with van der Waals surface area (Å²) in [5.41, 5.74) is 0. The van der Waals surface area contributed by atoms with Gasteiger partial charge in [0.15, 0.2) is 0 Å². The van der Waals surface area contributed by atoms with Crippen LogP contribution < -0.4 is 0 Å². The molecule has 2 nitrogen and oxygen atoms in total. The molecule has 14 heavy (non-hydrogen) atoms. The molecule has 1 aliphatic carbocycles. The Morgan fingerprint density at radius 2 is 2.29 bits per heavy atom. The van der Waals surface area contributed by atoms with Crippen LogP contribution in [0.15, 0.2) is 12.2 Å². The Labute approximate surface area is 85.3 Å². The molecule has 0 radical (unpaired) electrons. The molecular weight excluding hydrogens is 176 g/mol. The summed E-state index contributed by atoms with van der Waals surface area (Å²) >= 11 is 0. The predicted molar refractivity (Wildman–Crippen MR) is 54.8 cm³/mol. The molecule has 2 heteroatoms. The molecule has 1 aliphatic heterocycles. The van der Waals surface area contributed by atoms with E-state index in [2.05, 4.69) is 19.1 Å². The zero-order chi connectivity index (χ0) is 9.97. The van der Waals surface area contributed by atoms with Crippen LogP contribution in [0.1, 0.15) is 39.0 Å². The van der Waals surface area contributed by atoms with E-state index in [1.165, 1.54) is 6.42 Å². The molecule has 2 fully saturated rings. The van der Waals surface area contributed by atoms with Crippen molar-refractivity contribution in [3.63, 3.8) is 0 Å². The highest BCUT2D eigenvalue weighted by molar-refractivity contribution is 5.72. The molecule has 0 spiro atoms. The highest BCUT2D eigenvalue weighted by Gasteiger charge is 2.43. The van der Waals surface area contributed by atoms with E-state index in [0.29, 0.717) is 18.3 Å². The lowest BCUT2D eigenvalue weighted by Crippen LogP contribution is -2.13. The molecule has 1 saturated heterocycles. The minimum absolute atomic E-state index is 0.0178. The normalized spacial score (nSPS) is 36.4. The van der Waals surface area contributed by atoms with Gasteiger partial charge in [-0.3, -0.25) is 4.79 Å². The minimum atomic E-state index is 0.0178. The van der Waals surface area contributed by atoms with Crippen molar-refractivity contribution in [2.24, 2.45) is 11.8 Å². The van der Waals surface area contributed by atoms with Gasteiger partial charge in [0.05, 0.1) is 6.42 Å². The fraction of sp³-hybridized carbons (Fsp3) is 0.750. The summed E-state index contributed by atoms with van der Waals surface area (Å²) in [5, 5.41) is 0. The molecule has 0 aromatic carbocycles. The molecule has 1 saturated carbocycles. The maximum absolute atomic E-state index is 11.1. The lowest BCUT2D eigenvalue weighted by Gasteiger charge is -2.13. The quantitative estimate of drug-likeness (QED) is 0.510. The summed E-state index contributed by atoms with van der Waals surface area (Å²) in [6, 6.07) is 0. The average molecular weight is 194 g/mol. The Balaban J connectivity index is 1.89. The third-order valence-electron chi connectivity index (χ3n) is 3.43. The third kappa shape index (κ3) is 1.84. The molecule has 0 amide bonds. The van der Waals surface area contributed by atoms with Crippen molar-refractivity contribution in [3.8, 4) is 0 Å². The first-order valence-corrected chi connectivity index (χ1v) is 5.65. The first-order chi connectivity index (χ1) is 6.81. The van der Waals surface area contributed by atoms with Crippen LogP contribution >= 0.6 is 0 Å². The van der Waals surface area contributed by atoms with E-state index >= 15 is 0 Å². The van der Waals surface area contributed by atoms with E-state index in [0.717, 1.165) is 19.3 Å². The highest BCUT2D eigenvalue weighted by Crippen LogP contribution is 2.42. The second-order valence-electron chi connectivity index (χ2n) is 4.35. The molecule has 1 heterocycles. The fourth-order valence-corrected chi connectivity index (χ4v) is 2.69. The van der Waals surface area contributed by atoms with E-state index in [-0.39, 0.29) is 12.1 Å². The number of ether oxygens (including phenoxy) is 1. The van der Waals surface area contributed by atoms with Crippen LogP contribution in [0, 0.1) is 11.8 Å². The number of carbonyl (C=O) groups is 1. The fourth-order valence-electron chi connectivity index (χ4n) is 2.69. The molecule has 2 aliphatic rings. The first kappa shape index (κ1) is 9.75. The van der Waals surface area contributed by atoms with Gasteiger partial charge in [-0.25, -0.2) is 0 Å². The van der Waals surface area contributed by atoms with Crippen LogP contribution in [0.3, 0.4) is 0 Å². The van der Waals surface area contributed by atoms with E-state index in [1.54, 1.807) is 0 Å².